The van der Waals surface area contributed by atoms with Crippen molar-refractivity contribution in [3.05, 3.63) is 35.7 Å². The fourth-order valence-corrected chi connectivity index (χ4v) is 2.05. The first-order valence-electron chi connectivity index (χ1n) is 5.18. The van der Waals surface area contributed by atoms with Crippen LogP contribution in [0.2, 0.25) is 0 Å². The molecule has 0 bridgehead atoms. The van der Waals surface area contributed by atoms with E-state index >= 15 is 0 Å². The topological polar surface area (TPSA) is 17.3 Å². The molecule has 2 heteroatoms. The third kappa shape index (κ3) is 1.41. The zero-order valence-electron chi connectivity index (χ0n) is 8.83. The third-order valence-corrected chi connectivity index (χ3v) is 2.67. The lowest BCUT2D eigenvalue weighted by Gasteiger charge is -2.20. The summed E-state index contributed by atoms with van der Waals surface area (Å²) in [5, 5.41) is 0. The van der Waals surface area contributed by atoms with E-state index in [1.165, 1.54) is 17.0 Å². The van der Waals surface area contributed by atoms with Crippen LogP contribution < -0.4 is 0 Å². The van der Waals surface area contributed by atoms with Crippen molar-refractivity contribution in [2.24, 2.45) is 4.99 Å². The highest BCUT2D eigenvalue weighted by molar-refractivity contribution is 6.12. The van der Waals surface area contributed by atoms with Crippen LogP contribution in [-0.4, -0.2) is 17.3 Å². The minimum Gasteiger partial charge on any atom is -0.346 e. The van der Waals surface area contributed by atoms with Gasteiger partial charge in [-0.2, -0.15) is 0 Å². The average molecular weight is 188 g/mol. The third-order valence-electron chi connectivity index (χ3n) is 2.67. The van der Waals surface area contributed by atoms with Crippen LogP contribution in [0.1, 0.15) is 25.5 Å². The van der Waals surface area contributed by atoms with Crippen molar-refractivity contribution in [1.29, 1.82) is 0 Å². The first-order valence-corrected chi connectivity index (χ1v) is 5.18. The molecule has 0 amide bonds. The van der Waals surface area contributed by atoms with Gasteiger partial charge in [-0.1, -0.05) is 13.0 Å². The number of hydrogen-bond acceptors (Lipinski definition) is 1. The molecule has 74 valence electrons. The highest BCUT2D eigenvalue weighted by Crippen LogP contribution is 2.21. The maximum Gasteiger partial charge on any atom is 0.0837 e. The second-order valence-corrected chi connectivity index (χ2v) is 3.55. The van der Waals surface area contributed by atoms with Gasteiger partial charge in [-0.25, -0.2) is 0 Å². The van der Waals surface area contributed by atoms with E-state index < -0.39 is 0 Å². The molecule has 2 heterocycles. The van der Waals surface area contributed by atoms with Crippen LogP contribution in [0.3, 0.4) is 0 Å². The molecule has 0 fully saturated rings. The van der Waals surface area contributed by atoms with Gasteiger partial charge in [0.1, 0.15) is 0 Å². The molecular weight excluding hydrogens is 172 g/mol. The molecule has 0 N–H and O–H groups in total. The molecule has 0 spiro atoms. The lowest BCUT2D eigenvalue weighted by Crippen LogP contribution is -2.19. The van der Waals surface area contributed by atoms with Crippen LogP contribution in [0.25, 0.3) is 0 Å². The normalized spacial score (nSPS) is 21.6. The summed E-state index contributed by atoms with van der Waals surface area (Å²) in [4.78, 5) is 4.39. The van der Waals surface area contributed by atoms with Crippen LogP contribution in [0.4, 0.5) is 0 Å². The van der Waals surface area contributed by atoms with Gasteiger partial charge in [0.15, 0.2) is 0 Å². The molecule has 2 nitrogen and oxygen atoms in total. The number of allylic oxidation sites excluding steroid dienone is 2. The van der Waals surface area contributed by atoms with Crippen molar-refractivity contribution in [1.82, 2.24) is 4.57 Å². The number of aryl methyl sites for hydroxylation is 1. The van der Waals surface area contributed by atoms with Crippen molar-refractivity contribution in [3.63, 3.8) is 0 Å². The van der Waals surface area contributed by atoms with Gasteiger partial charge < -0.3 is 4.57 Å². The Kier molecular flexibility index (Phi) is 2.53. The Bertz CT molecular complexity index is 383. The summed E-state index contributed by atoms with van der Waals surface area (Å²) < 4.78 is 2.27. The van der Waals surface area contributed by atoms with E-state index in [1.807, 2.05) is 7.05 Å². The van der Waals surface area contributed by atoms with Gasteiger partial charge in [0, 0.05) is 19.8 Å². The smallest absolute Gasteiger partial charge is 0.0837 e. The van der Waals surface area contributed by atoms with Crippen molar-refractivity contribution in [2.45, 2.75) is 26.3 Å². The van der Waals surface area contributed by atoms with Gasteiger partial charge in [-0.15, -0.1) is 0 Å². The molecule has 1 aliphatic rings. The largest absolute Gasteiger partial charge is 0.346 e. The van der Waals surface area contributed by atoms with Crippen LogP contribution >= 0.6 is 0 Å². The minimum atomic E-state index is 1.09. The van der Waals surface area contributed by atoms with Crippen molar-refractivity contribution in [3.8, 4) is 0 Å². The monoisotopic (exact) mass is 188 g/mol. The van der Waals surface area contributed by atoms with Crippen molar-refractivity contribution >= 4 is 5.71 Å². The van der Waals surface area contributed by atoms with Crippen molar-refractivity contribution < 1.29 is 0 Å². The number of nitrogens with zero attached hydrogens (tertiary/aromatic N) is 2. The number of rotatable bonds is 1. The Morgan fingerprint density at radius 2 is 2.43 bits per heavy atom. The van der Waals surface area contributed by atoms with E-state index in [4.69, 9.17) is 0 Å². The average Bonchev–Trinajstić information content (AvgIpc) is 2.66. The summed E-state index contributed by atoms with van der Waals surface area (Å²) in [5.41, 5.74) is 3.84. The van der Waals surface area contributed by atoms with E-state index in [0.29, 0.717) is 0 Å². The zero-order valence-corrected chi connectivity index (χ0v) is 8.83. The number of hydrogen-bond donors (Lipinski definition) is 0. The van der Waals surface area contributed by atoms with E-state index in [-0.39, 0.29) is 0 Å². The van der Waals surface area contributed by atoms with E-state index in [9.17, 15) is 0 Å². The summed E-state index contributed by atoms with van der Waals surface area (Å²) in [5.74, 6) is 0. The van der Waals surface area contributed by atoms with E-state index in [1.54, 1.807) is 0 Å². The van der Waals surface area contributed by atoms with Gasteiger partial charge in [0.2, 0.25) is 0 Å². The van der Waals surface area contributed by atoms with Crippen molar-refractivity contribution in [2.75, 3.05) is 7.05 Å². The quantitative estimate of drug-likeness (QED) is 0.644. The minimum absolute atomic E-state index is 1.09. The van der Waals surface area contributed by atoms with Crippen LogP contribution in [0.5, 0.6) is 0 Å². The van der Waals surface area contributed by atoms with Gasteiger partial charge >= 0.3 is 0 Å². The fourth-order valence-electron chi connectivity index (χ4n) is 2.05. The summed E-state index contributed by atoms with van der Waals surface area (Å²) >= 11 is 0. The predicted octanol–water partition coefficient (Wildman–Crippen LogP) is 2.65. The zero-order chi connectivity index (χ0) is 9.97. The second-order valence-electron chi connectivity index (χ2n) is 3.55. The highest BCUT2D eigenvalue weighted by Gasteiger charge is 2.17. The Balaban J connectivity index is 2.45. The number of aliphatic imine (C=N–C) groups is 1. The first-order chi connectivity index (χ1) is 6.86. The van der Waals surface area contributed by atoms with Gasteiger partial charge in [0.05, 0.1) is 11.4 Å². The Hall–Kier alpha value is -1.31. The molecule has 1 aromatic rings. The number of fused-ring (bicyclic) bond motifs is 1. The summed E-state index contributed by atoms with van der Waals surface area (Å²) in [7, 11) is 1.88. The number of aromatic nitrogens is 1. The molecule has 0 unspecified atom stereocenters. The summed E-state index contributed by atoms with van der Waals surface area (Å²) in [6.07, 6.45) is 6.62. The van der Waals surface area contributed by atoms with Crippen LogP contribution in [-0.2, 0) is 6.54 Å². The molecule has 1 aromatic heterocycles. The van der Waals surface area contributed by atoms with Crippen LogP contribution in [0.15, 0.2) is 35.0 Å². The summed E-state index contributed by atoms with van der Waals surface area (Å²) in [6, 6.07) is 4.24. The Morgan fingerprint density at radius 1 is 1.57 bits per heavy atom. The molecule has 1 aliphatic heterocycles. The lowest BCUT2D eigenvalue weighted by molar-refractivity contribution is 0.681. The van der Waals surface area contributed by atoms with Gasteiger partial charge in [0.25, 0.3) is 0 Å². The SMILES string of the molecule is CCC=C1CCn2cccc2C1=NC. The maximum atomic E-state index is 4.39. The highest BCUT2D eigenvalue weighted by atomic mass is 15.0. The molecule has 0 aromatic carbocycles. The Labute approximate surface area is 85.0 Å². The van der Waals surface area contributed by atoms with E-state index in [2.05, 4.69) is 40.9 Å². The first kappa shape index (κ1) is 9.25. The van der Waals surface area contributed by atoms with Gasteiger partial charge in [-0.3, -0.25) is 4.99 Å². The van der Waals surface area contributed by atoms with Gasteiger partial charge in [-0.05, 0) is 30.5 Å². The molecule has 14 heavy (non-hydrogen) atoms. The standard InChI is InChI=1S/C12H16N2/c1-3-5-10-7-9-14-8-4-6-11(14)12(10)13-2/h4-6,8H,3,7,9H2,1-2H3. The fraction of sp³-hybridized carbons (Fsp3) is 0.417. The molecule has 0 radical (unpaired) electrons. The molecule has 0 aliphatic carbocycles. The molecule has 0 saturated heterocycles. The molecule has 0 saturated carbocycles. The maximum absolute atomic E-state index is 4.39. The summed E-state index contributed by atoms with van der Waals surface area (Å²) in [6.45, 7) is 3.26. The molecule has 0 atom stereocenters. The second kappa shape index (κ2) is 3.82. The molecule has 2 rings (SSSR count). The van der Waals surface area contributed by atoms with Crippen LogP contribution in [0, 0.1) is 0 Å². The predicted molar refractivity (Wildman–Crippen MR) is 59.9 cm³/mol. The van der Waals surface area contributed by atoms with E-state index in [0.717, 1.165) is 19.4 Å². The molecular formula is C12H16N2. The Morgan fingerprint density at radius 3 is 3.14 bits per heavy atom. The lowest BCUT2D eigenvalue weighted by atomic mass is 9.99.